The fourth-order valence-electron chi connectivity index (χ4n) is 1.56. The number of nitrogens with one attached hydrogen (secondary N) is 1. The van der Waals surface area contributed by atoms with E-state index in [1.165, 1.54) is 6.92 Å². The van der Waals surface area contributed by atoms with E-state index in [1.807, 2.05) is 0 Å². The van der Waals surface area contributed by atoms with Gasteiger partial charge in [0.25, 0.3) is 11.6 Å². The number of aliphatic hydroxyl groups is 1. The van der Waals surface area contributed by atoms with Crippen LogP contribution in [-0.2, 0) is 0 Å². The molecule has 1 rings (SSSR count). The molecule has 0 bridgehead atoms. The number of carbonyl (C=O) groups excluding carboxylic acids is 1. The molecule has 7 heteroatoms. The molecule has 0 aliphatic heterocycles. The lowest BCUT2D eigenvalue weighted by atomic mass is 10.1. The normalized spacial score (nSPS) is 12.0. The molecule has 0 aliphatic rings. The first-order valence-electron chi connectivity index (χ1n) is 5.77. The second-order valence-electron chi connectivity index (χ2n) is 4.14. The van der Waals surface area contributed by atoms with E-state index in [2.05, 4.69) is 5.32 Å². The van der Waals surface area contributed by atoms with E-state index in [-0.39, 0.29) is 17.9 Å². The third-order valence-electron chi connectivity index (χ3n) is 2.74. The summed E-state index contributed by atoms with van der Waals surface area (Å²) in [7, 11) is 0. The lowest BCUT2D eigenvalue weighted by Gasteiger charge is -2.14. The Morgan fingerprint density at radius 2 is 2.21 bits per heavy atom. The number of aliphatic hydroxyl groups excluding tert-OH is 1. The Balaban J connectivity index is 3.11. The highest BCUT2D eigenvalue weighted by molar-refractivity contribution is 5.95. The van der Waals surface area contributed by atoms with Crippen molar-refractivity contribution in [1.82, 2.24) is 5.32 Å². The monoisotopic (exact) mass is 270 g/mol. The molecule has 1 atom stereocenters. The summed E-state index contributed by atoms with van der Waals surface area (Å²) in [6, 6.07) is 1.45. The van der Waals surface area contributed by atoms with Crippen LogP contribution in [0, 0.1) is 22.9 Å². The molecular formula is C12H15FN2O4. The number of rotatable bonds is 5. The van der Waals surface area contributed by atoms with Crippen LogP contribution in [0.2, 0.25) is 0 Å². The molecule has 2 N–H and O–H groups in total. The molecule has 1 aromatic rings. The number of amides is 1. The van der Waals surface area contributed by atoms with E-state index in [1.54, 1.807) is 6.92 Å². The fourth-order valence-corrected chi connectivity index (χ4v) is 1.56. The van der Waals surface area contributed by atoms with Gasteiger partial charge >= 0.3 is 0 Å². The minimum absolute atomic E-state index is 0.0244. The summed E-state index contributed by atoms with van der Waals surface area (Å²) in [6.07, 6.45) is 0.470. The molecule has 0 aromatic heterocycles. The van der Waals surface area contributed by atoms with Gasteiger partial charge in [0.15, 0.2) is 0 Å². The average Bonchev–Trinajstić information content (AvgIpc) is 2.38. The highest BCUT2D eigenvalue weighted by Gasteiger charge is 2.21. The first-order chi connectivity index (χ1) is 8.90. The number of aryl methyl sites for hydroxylation is 1. The summed E-state index contributed by atoms with van der Waals surface area (Å²) >= 11 is 0. The Bertz CT molecular complexity index is 501. The summed E-state index contributed by atoms with van der Waals surface area (Å²) in [5.74, 6) is -1.57. The Hall–Kier alpha value is -2.02. The second-order valence-corrected chi connectivity index (χ2v) is 4.14. The van der Waals surface area contributed by atoms with E-state index >= 15 is 0 Å². The molecule has 0 aliphatic carbocycles. The molecule has 6 nitrogen and oxygen atoms in total. The van der Waals surface area contributed by atoms with Crippen molar-refractivity contribution in [3.05, 3.63) is 39.2 Å². The fraction of sp³-hybridized carbons (Fsp3) is 0.417. The number of carbonyl (C=O) groups is 1. The zero-order chi connectivity index (χ0) is 14.6. The SMILES string of the molecule is CC[C@H](CO)NC(=O)c1cc([N+](=O)[O-])cc(C)c1F. The first-order valence-corrected chi connectivity index (χ1v) is 5.77. The molecule has 0 fully saturated rings. The van der Waals surface area contributed by atoms with Crippen LogP contribution in [0.25, 0.3) is 0 Å². The van der Waals surface area contributed by atoms with Gasteiger partial charge in [-0.2, -0.15) is 0 Å². The number of nitro benzene ring substituents is 1. The van der Waals surface area contributed by atoms with E-state index in [4.69, 9.17) is 5.11 Å². The van der Waals surface area contributed by atoms with Crippen LogP contribution in [0.3, 0.4) is 0 Å². The second kappa shape index (κ2) is 6.24. The van der Waals surface area contributed by atoms with E-state index in [0.29, 0.717) is 6.42 Å². The third-order valence-corrected chi connectivity index (χ3v) is 2.74. The Morgan fingerprint density at radius 1 is 1.58 bits per heavy atom. The average molecular weight is 270 g/mol. The van der Waals surface area contributed by atoms with Gasteiger partial charge in [-0.15, -0.1) is 0 Å². The van der Waals surface area contributed by atoms with Crippen molar-refractivity contribution in [2.75, 3.05) is 6.61 Å². The van der Waals surface area contributed by atoms with E-state index in [9.17, 15) is 19.3 Å². The predicted molar refractivity (Wildman–Crippen MR) is 66.4 cm³/mol. The van der Waals surface area contributed by atoms with Crippen LogP contribution in [0.1, 0.15) is 29.3 Å². The smallest absolute Gasteiger partial charge is 0.270 e. The summed E-state index contributed by atoms with van der Waals surface area (Å²) in [6.45, 7) is 2.82. The zero-order valence-corrected chi connectivity index (χ0v) is 10.6. The van der Waals surface area contributed by atoms with Gasteiger partial charge in [-0.3, -0.25) is 14.9 Å². The molecular weight excluding hydrogens is 255 g/mol. The van der Waals surface area contributed by atoms with E-state index < -0.39 is 28.3 Å². The predicted octanol–water partition coefficient (Wildman–Crippen LogP) is 1.54. The van der Waals surface area contributed by atoms with Crippen LogP contribution in [-0.4, -0.2) is 28.6 Å². The molecule has 0 saturated carbocycles. The lowest BCUT2D eigenvalue weighted by Crippen LogP contribution is -2.37. The molecule has 0 spiro atoms. The molecule has 19 heavy (non-hydrogen) atoms. The van der Waals surface area contributed by atoms with Gasteiger partial charge < -0.3 is 10.4 Å². The van der Waals surface area contributed by atoms with Crippen LogP contribution in [0.4, 0.5) is 10.1 Å². The maximum absolute atomic E-state index is 13.8. The lowest BCUT2D eigenvalue weighted by molar-refractivity contribution is -0.385. The molecule has 0 radical (unpaired) electrons. The van der Waals surface area contributed by atoms with Crippen molar-refractivity contribution in [3.8, 4) is 0 Å². The Morgan fingerprint density at radius 3 is 2.68 bits per heavy atom. The standard InChI is InChI=1S/C12H15FN2O4/c1-3-8(6-16)14-12(17)10-5-9(15(18)19)4-7(2)11(10)13/h4-5,8,16H,3,6H2,1-2H3,(H,14,17)/t8-/m1/s1. The molecule has 0 heterocycles. The van der Waals surface area contributed by atoms with Gasteiger partial charge in [0.1, 0.15) is 5.82 Å². The van der Waals surface area contributed by atoms with Crippen molar-refractivity contribution in [1.29, 1.82) is 0 Å². The van der Waals surface area contributed by atoms with Crippen LogP contribution in [0.5, 0.6) is 0 Å². The number of nitrogens with zero attached hydrogens (tertiary/aromatic N) is 1. The number of halogens is 1. The number of non-ortho nitro benzene ring substituents is 1. The first kappa shape index (κ1) is 15.0. The largest absolute Gasteiger partial charge is 0.394 e. The van der Waals surface area contributed by atoms with Crippen molar-refractivity contribution in [2.24, 2.45) is 0 Å². The van der Waals surface area contributed by atoms with Crippen molar-refractivity contribution >= 4 is 11.6 Å². The third kappa shape index (κ3) is 3.47. The maximum atomic E-state index is 13.8. The molecule has 0 unspecified atom stereocenters. The van der Waals surface area contributed by atoms with Gasteiger partial charge in [-0.25, -0.2) is 4.39 Å². The van der Waals surface area contributed by atoms with Crippen LogP contribution >= 0.6 is 0 Å². The molecule has 1 aromatic carbocycles. The minimum Gasteiger partial charge on any atom is -0.394 e. The van der Waals surface area contributed by atoms with Gasteiger partial charge in [0.05, 0.1) is 23.1 Å². The number of benzene rings is 1. The highest BCUT2D eigenvalue weighted by atomic mass is 19.1. The van der Waals surface area contributed by atoms with Crippen molar-refractivity contribution < 1.29 is 19.2 Å². The summed E-state index contributed by atoms with van der Waals surface area (Å²) < 4.78 is 13.8. The highest BCUT2D eigenvalue weighted by Crippen LogP contribution is 2.21. The number of nitro groups is 1. The van der Waals surface area contributed by atoms with Crippen LogP contribution in [0.15, 0.2) is 12.1 Å². The van der Waals surface area contributed by atoms with Crippen molar-refractivity contribution in [3.63, 3.8) is 0 Å². The van der Waals surface area contributed by atoms with Crippen LogP contribution < -0.4 is 5.32 Å². The maximum Gasteiger partial charge on any atom is 0.270 e. The number of hydrogen-bond acceptors (Lipinski definition) is 4. The van der Waals surface area contributed by atoms with Gasteiger partial charge in [0.2, 0.25) is 0 Å². The van der Waals surface area contributed by atoms with Gasteiger partial charge in [-0.05, 0) is 18.9 Å². The summed E-state index contributed by atoms with van der Waals surface area (Å²) in [5.41, 5.74) is -0.712. The Kier molecular flexibility index (Phi) is 4.94. The van der Waals surface area contributed by atoms with Crippen molar-refractivity contribution in [2.45, 2.75) is 26.3 Å². The molecule has 0 saturated heterocycles. The Labute approximate surface area is 109 Å². The summed E-state index contributed by atoms with van der Waals surface area (Å²) in [4.78, 5) is 21.8. The zero-order valence-electron chi connectivity index (χ0n) is 10.6. The quantitative estimate of drug-likeness (QED) is 0.627. The molecule has 1 amide bonds. The minimum atomic E-state index is -0.795. The topological polar surface area (TPSA) is 92.5 Å². The van der Waals surface area contributed by atoms with E-state index in [0.717, 1.165) is 12.1 Å². The van der Waals surface area contributed by atoms with Gasteiger partial charge in [-0.1, -0.05) is 6.92 Å². The molecule has 104 valence electrons. The number of hydrogen-bond donors (Lipinski definition) is 2. The summed E-state index contributed by atoms with van der Waals surface area (Å²) in [5, 5.41) is 22.1. The van der Waals surface area contributed by atoms with Gasteiger partial charge in [0, 0.05) is 12.1 Å².